The molecule has 0 spiro atoms. The molecule has 1 aliphatic rings. The molecule has 25 heavy (non-hydrogen) atoms. The molecule has 2 aromatic rings. The predicted molar refractivity (Wildman–Crippen MR) is 94.4 cm³/mol. The highest BCUT2D eigenvalue weighted by Crippen LogP contribution is 2.28. The Bertz CT molecular complexity index is 890. The first-order valence-corrected chi connectivity index (χ1v) is 9.66. The molecule has 0 N–H and O–H groups in total. The summed E-state index contributed by atoms with van der Waals surface area (Å²) in [6, 6.07) is 10.1. The minimum Gasteiger partial charge on any atom is -0.371 e. The van der Waals surface area contributed by atoms with Gasteiger partial charge in [-0.2, -0.15) is 4.31 Å². The van der Waals surface area contributed by atoms with Crippen molar-refractivity contribution in [3.8, 4) is 0 Å². The van der Waals surface area contributed by atoms with Crippen LogP contribution in [0.2, 0.25) is 0 Å². The fourth-order valence-electron chi connectivity index (χ4n) is 2.88. The monoisotopic (exact) mass is 363 g/mol. The largest absolute Gasteiger partial charge is 0.371 e. The van der Waals surface area contributed by atoms with E-state index in [1.54, 1.807) is 24.3 Å². The van der Waals surface area contributed by atoms with E-state index < -0.39 is 10.0 Å². The molecule has 1 aliphatic heterocycles. The third-order valence-corrected chi connectivity index (χ3v) is 6.63. The smallest absolute Gasteiger partial charge is 0.243 e. The van der Waals surface area contributed by atoms with Gasteiger partial charge in [-0.3, -0.25) is 0 Å². The summed E-state index contributed by atoms with van der Waals surface area (Å²) in [5, 5.41) is 0. The Balaban J connectivity index is 1.64. The standard InChI is InChI=1S/C19H22FNO3S/c1-13-8-15(3)19(9-14(13)2)25(22,23)21-10-17(11-21)24-12-16-6-4-5-7-18(16)20/h4-9,17H,10-12H2,1-3H3. The van der Waals surface area contributed by atoms with E-state index in [0.29, 0.717) is 23.5 Å². The van der Waals surface area contributed by atoms with Crippen molar-refractivity contribution in [2.45, 2.75) is 38.4 Å². The van der Waals surface area contributed by atoms with Crippen molar-refractivity contribution in [1.82, 2.24) is 4.31 Å². The summed E-state index contributed by atoms with van der Waals surface area (Å²) < 4.78 is 46.2. The molecule has 0 unspecified atom stereocenters. The van der Waals surface area contributed by atoms with E-state index in [4.69, 9.17) is 4.74 Å². The molecule has 0 saturated carbocycles. The van der Waals surface area contributed by atoms with E-state index >= 15 is 0 Å². The lowest BCUT2D eigenvalue weighted by molar-refractivity contribution is -0.0304. The molecule has 2 aromatic carbocycles. The van der Waals surface area contributed by atoms with Crippen LogP contribution in [0.15, 0.2) is 41.3 Å². The Hall–Kier alpha value is -1.76. The van der Waals surface area contributed by atoms with Crippen molar-refractivity contribution < 1.29 is 17.5 Å². The normalized spacial score (nSPS) is 16.0. The summed E-state index contributed by atoms with van der Waals surface area (Å²) in [5.41, 5.74) is 3.26. The number of hydrogen-bond acceptors (Lipinski definition) is 3. The van der Waals surface area contributed by atoms with Crippen molar-refractivity contribution in [1.29, 1.82) is 0 Å². The van der Waals surface area contributed by atoms with Gasteiger partial charge in [-0.1, -0.05) is 24.3 Å². The van der Waals surface area contributed by atoms with Gasteiger partial charge in [0.15, 0.2) is 0 Å². The van der Waals surface area contributed by atoms with Crippen molar-refractivity contribution in [2.75, 3.05) is 13.1 Å². The quantitative estimate of drug-likeness (QED) is 0.819. The second kappa shape index (κ2) is 6.86. The molecule has 134 valence electrons. The van der Waals surface area contributed by atoms with E-state index in [1.165, 1.54) is 10.4 Å². The number of sulfonamides is 1. The van der Waals surface area contributed by atoms with Crippen molar-refractivity contribution in [2.24, 2.45) is 0 Å². The Morgan fingerprint density at radius 2 is 1.72 bits per heavy atom. The summed E-state index contributed by atoms with van der Waals surface area (Å²) in [4.78, 5) is 0.350. The van der Waals surface area contributed by atoms with Crippen molar-refractivity contribution in [3.05, 3.63) is 64.5 Å². The zero-order chi connectivity index (χ0) is 18.2. The number of benzene rings is 2. The average molecular weight is 363 g/mol. The minimum atomic E-state index is -3.52. The first kappa shape index (κ1) is 18.0. The third-order valence-electron chi connectivity index (χ3n) is 4.66. The van der Waals surface area contributed by atoms with Crippen LogP contribution in [-0.4, -0.2) is 31.9 Å². The van der Waals surface area contributed by atoms with Gasteiger partial charge in [0.25, 0.3) is 0 Å². The van der Waals surface area contributed by atoms with Crippen LogP contribution in [0.1, 0.15) is 22.3 Å². The molecule has 0 aliphatic carbocycles. The molecular weight excluding hydrogens is 341 g/mol. The van der Waals surface area contributed by atoms with E-state index in [0.717, 1.165) is 16.7 Å². The van der Waals surface area contributed by atoms with Crippen LogP contribution < -0.4 is 0 Å². The molecule has 1 fully saturated rings. The van der Waals surface area contributed by atoms with Gasteiger partial charge in [-0.15, -0.1) is 0 Å². The van der Waals surface area contributed by atoms with E-state index in [1.807, 2.05) is 26.8 Å². The molecule has 1 heterocycles. The Labute approximate surface area is 148 Å². The number of aryl methyl sites for hydroxylation is 3. The maximum atomic E-state index is 13.6. The number of ether oxygens (including phenoxy) is 1. The van der Waals surface area contributed by atoms with Crippen LogP contribution in [0.25, 0.3) is 0 Å². The molecule has 0 aromatic heterocycles. The SMILES string of the molecule is Cc1cc(C)c(S(=O)(=O)N2CC(OCc3ccccc3F)C2)cc1C. The molecule has 0 atom stereocenters. The van der Waals surface area contributed by atoms with Gasteiger partial charge in [0.1, 0.15) is 5.82 Å². The van der Waals surface area contributed by atoms with Crippen LogP contribution >= 0.6 is 0 Å². The van der Waals surface area contributed by atoms with Gasteiger partial charge in [-0.25, -0.2) is 12.8 Å². The lowest BCUT2D eigenvalue weighted by Gasteiger charge is -2.38. The summed E-state index contributed by atoms with van der Waals surface area (Å²) in [6.45, 7) is 6.42. The van der Waals surface area contributed by atoms with Crippen LogP contribution in [0.4, 0.5) is 4.39 Å². The van der Waals surface area contributed by atoms with Gasteiger partial charge < -0.3 is 4.74 Å². The third kappa shape index (κ3) is 3.61. The minimum absolute atomic E-state index is 0.147. The highest BCUT2D eigenvalue weighted by Gasteiger charge is 2.38. The van der Waals surface area contributed by atoms with E-state index in [2.05, 4.69) is 0 Å². The van der Waals surface area contributed by atoms with Crippen LogP contribution in [0.3, 0.4) is 0 Å². The maximum absolute atomic E-state index is 13.6. The highest BCUT2D eigenvalue weighted by molar-refractivity contribution is 7.89. The number of nitrogens with zero attached hydrogens (tertiary/aromatic N) is 1. The van der Waals surface area contributed by atoms with Gasteiger partial charge in [0, 0.05) is 18.7 Å². The molecule has 0 amide bonds. The van der Waals surface area contributed by atoms with E-state index in [-0.39, 0.29) is 18.5 Å². The Kier molecular flexibility index (Phi) is 4.95. The first-order valence-electron chi connectivity index (χ1n) is 8.22. The summed E-state index contributed by atoms with van der Waals surface area (Å²) >= 11 is 0. The second-order valence-corrected chi connectivity index (χ2v) is 8.45. The van der Waals surface area contributed by atoms with Gasteiger partial charge in [-0.05, 0) is 49.6 Å². The number of hydrogen-bond donors (Lipinski definition) is 0. The van der Waals surface area contributed by atoms with Gasteiger partial charge in [0.2, 0.25) is 10.0 Å². The molecule has 0 radical (unpaired) electrons. The van der Waals surface area contributed by atoms with Crippen LogP contribution in [0.5, 0.6) is 0 Å². The topological polar surface area (TPSA) is 46.6 Å². The first-order chi connectivity index (χ1) is 11.8. The predicted octanol–water partition coefficient (Wildman–Crippen LogP) is 3.34. The lowest BCUT2D eigenvalue weighted by atomic mass is 10.1. The lowest BCUT2D eigenvalue weighted by Crippen LogP contribution is -2.54. The van der Waals surface area contributed by atoms with Crippen LogP contribution in [-0.2, 0) is 21.4 Å². The zero-order valence-corrected chi connectivity index (χ0v) is 15.4. The number of rotatable bonds is 5. The highest BCUT2D eigenvalue weighted by atomic mass is 32.2. The zero-order valence-electron chi connectivity index (χ0n) is 14.6. The second-order valence-electron chi connectivity index (χ2n) is 6.55. The van der Waals surface area contributed by atoms with Gasteiger partial charge in [0.05, 0.1) is 17.6 Å². The summed E-state index contributed by atoms with van der Waals surface area (Å²) in [7, 11) is -3.52. The van der Waals surface area contributed by atoms with Crippen LogP contribution in [0, 0.1) is 26.6 Å². The fraction of sp³-hybridized carbons (Fsp3) is 0.368. The average Bonchev–Trinajstić information content (AvgIpc) is 2.50. The van der Waals surface area contributed by atoms with Crippen molar-refractivity contribution in [3.63, 3.8) is 0 Å². The van der Waals surface area contributed by atoms with Crippen molar-refractivity contribution >= 4 is 10.0 Å². The molecule has 4 nitrogen and oxygen atoms in total. The fourth-order valence-corrected chi connectivity index (χ4v) is 4.67. The Morgan fingerprint density at radius 1 is 1.08 bits per heavy atom. The summed E-state index contributed by atoms with van der Waals surface area (Å²) in [6.07, 6.45) is -0.207. The summed E-state index contributed by atoms with van der Waals surface area (Å²) in [5.74, 6) is -0.308. The maximum Gasteiger partial charge on any atom is 0.243 e. The van der Waals surface area contributed by atoms with E-state index in [9.17, 15) is 12.8 Å². The number of halogens is 1. The molecule has 1 saturated heterocycles. The Morgan fingerprint density at radius 3 is 2.40 bits per heavy atom. The van der Waals surface area contributed by atoms with Gasteiger partial charge >= 0.3 is 0 Å². The molecular formula is C19H22FNO3S. The molecule has 3 rings (SSSR count). The molecule has 6 heteroatoms. The molecule has 0 bridgehead atoms.